The van der Waals surface area contributed by atoms with Crippen LogP contribution in [0.25, 0.3) is 0 Å². The fraction of sp³-hybridized carbons (Fsp3) is 0.385. The Balaban J connectivity index is 3.07. The molecule has 1 rings (SSSR count). The van der Waals surface area contributed by atoms with Crippen molar-refractivity contribution in [3.63, 3.8) is 0 Å². The summed E-state index contributed by atoms with van der Waals surface area (Å²) in [6.07, 6.45) is 1.78. The van der Waals surface area contributed by atoms with Crippen molar-refractivity contribution >= 4 is 5.69 Å². The summed E-state index contributed by atoms with van der Waals surface area (Å²) in [6.45, 7) is 8.27. The van der Waals surface area contributed by atoms with E-state index in [1.807, 2.05) is 18.7 Å². The Morgan fingerprint density at radius 2 is 2.12 bits per heavy atom. The smallest absolute Gasteiger partial charge is 0.125 e. The predicted octanol–water partition coefficient (Wildman–Crippen LogP) is 2.72. The summed E-state index contributed by atoms with van der Waals surface area (Å²) >= 11 is 0. The van der Waals surface area contributed by atoms with Gasteiger partial charge in [-0.15, -0.1) is 6.58 Å². The summed E-state index contributed by atoms with van der Waals surface area (Å²) in [4.78, 5) is 2.02. The van der Waals surface area contributed by atoms with Crippen molar-refractivity contribution in [2.24, 2.45) is 0 Å². The number of aliphatic hydroxyl groups excluding tert-OH is 1. The van der Waals surface area contributed by atoms with Crippen LogP contribution in [0.3, 0.4) is 0 Å². The van der Waals surface area contributed by atoms with Crippen molar-refractivity contribution in [2.45, 2.75) is 26.5 Å². The van der Waals surface area contributed by atoms with Crippen molar-refractivity contribution in [2.75, 3.05) is 11.4 Å². The summed E-state index contributed by atoms with van der Waals surface area (Å²) in [7, 11) is 0. The predicted molar refractivity (Wildman–Crippen MR) is 65.0 cm³/mol. The average molecular weight is 223 g/mol. The maximum absolute atomic E-state index is 13.3. The lowest BCUT2D eigenvalue weighted by Gasteiger charge is -2.28. The fourth-order valence-corrected chi connectivity index (χ4v) is 1.64. The Bertz CT molecular complexity index is 363. The lowest BCUT2D eigenvalue weighted by Crippen LogP contribution is -2.30. The fourth-order valence-electron chi connectivity index (χ4n) is 1.64. The van der Waals surface area contributed by atoms with Crippen molar-refractivity contribution in [1.29, 1.82) is 0 Å². The van der Waals surface area contributed by atoms with Gasteiger partial charge < -0.3 is 10.0 Å². The molecule has 88 valence electrons. The largest absolute Gasteiger partial charge is 0.392 e. The van der Waals surface area contributed by atoms with Gasteiger partial charge in [-0.05, 0) is 37.6 Å². The highest BCUT2D eigenvalue weighted by Crippen LogP contribution is 2.20. The molecule has 0 saturated carbocycles. The third kappa shape index (κ3) is 3.07. The Kier molecular flexibility index (Phi) is 4.50. The highest BCUT2D eigenvalue weighted by Gasteiger charge is 2.10. The standard InChI is InChI=1S/C13H18FNO/c1-4-5-15(10(2)3)13-7-11(9-16)6-12(14)8-13/h4,6-8,10,16H,1,5,9H2,2-3H3. The number of nitrogens with zero attached hydrogens (tertiary/aromatic N) is 1. The van der Waals surface area contributed by atoms with E-state index in [4.69, 9.17) is 5.11 Å². The minimum Gasteiger partial charge on any atom is -0.392 e. The second-order valence-electron chi connectivity index (χ2n) is 4.01. The van der Waals surface area contributed by atoms with E-state index >= 15 is 0 Å². The van der Waals surface area contributed by atoms with Gasteiger partial charge >= 0.3 is 0 Å². The van der Waals surface area contributed by atoms with Crippen LogP contribution >= 0.6 is 0 Å². The summed E-state index contributed by atoms with van der Waals surface area (Å²) in [5, 5.41) is 9.03. The molecule has 1 aromatic rings. The van der Waals surface area contributed by atoms with Crippen LogP contribution in [-0.2, 0) is 6.61 Å². The molecule has 0 aliphatic heterocycles. The van der Waals surface area contributed by atoms with E-state index < -0.39 is 0 Å². The molecule has 0 saturated heterocycles. The van der Waals surface area contributed by atoms with Crippen LogP contribution in [0.1, 0.15) is 19.4 Å². The third-order valence-corrected chi connectivity index (χ3v) is 2.41. The van der Waals surface area contributed by atoms with Gasteiger partial charge in [0.05, 0.1) is 6.61 Å². The minimum atomic E-state index is -0.323. The molecule has 0 aliphatic carbocycles. The van der Waals surface area contributed by atoms with E-state index in [2.05, 4.69) is 6.58 Å². The molecule has 0 aliphatic rings. The molecular formula is C13H18FNO. The average Bonchev–Trinajstić information content (AvgIpc) is 2.24. The summed E-state index contributed by atoms with van der Waals surface area (Å²) in [5.41, 5.74) is 1.36. The molecule has 3 heteroatoms. The van der Waals surface area contributed by atoms with Crippen LogP contribution < -0.4 is 4.90 Å². The van der Waals surface area contributed by atoms with Gasteiger partial charge in [-0.3, -0.25) is 0 Å². The number of benzene rings is 1. The lowest BCUT2D eigenvalue weighted by atomic mass is 10.1. The van der Waals surface area contributed by atoms with Crippen molar-refractivity contribution in [1.82, 2.24) is 0 Å². The number of anilines is 1. The second-order valence-corrected chi connectivity index (χ2v) is 4.01. The van der Waals surface area contributed by atoms with Crippen LogP contribution in [-0.4, -0.2) is 17.7 Å². The number of aliphatic hydroxyl groups is 1. The first-order chi connectivity index (χ1) is 7.58. The number of halogens is 1. The number of rotatable bonds is 5. The van der Waals surface area contributed by atoms with Crippen LogP contribution in [0.5, 0.6) is 0 Å². The molecule has 1 aromatic carbocycles. The van der Waals surface area contributed by atoms with Gasteiger partial charge in [0.25, 0.3) is 0 Å². The number of hydrogen-bond donors (Lipinski definition) is 1. The molecule has 0 radical (unpaired) electrons. The van der Waals surface area contributed by atoms with Gasteiger partial charge in [0, 0.05) is 18.3 Å². The van der Waals surface area contributed by atoms with Gasteiger partial charge in [-0.1, -0.05) is 6.08 Å². The molecule has 0 fully saturated rings. The minimum absolute atomic E-state index is 0.148. The Morgan fingerprint density at radius 3 is 2.62 bits per heavy atom. The molecule has 0 spiro atoms. The normalized spacial score (nSPS) is 10.6. The van der Waals surface area contributed by atoms with E-state index in [0.717, 1.165) is 5.69 Å². The SMILES string of the molecule is C=CCN(c1cc(F)cc(CO)c1)C(C)C. The summed E-state index contributed by atoms with van der Waals surface area (Å²) in [6, 6.07) is 4.87. The van der Waals surface area contributed by atoms with Gasteiger partial charge in [-0.2, -0.15) is 0 Å². The zero-order valence-corrected chi connectivity index (χ0v) is 9.78. The Hall–Kier alpha value is -1.35. The molecule has 0 unspecified atom stereocenters. The van der Waals surface area contributed by atoms with Gasteiger partial charge in [0.2, 0.25) is 0 Å². The molecule has 1 N–H and O–H groups in total. The highest BCUT2D eigenvalue weighted by atomic mass is 19.1. The molecule has 0 atom stereocenters. The number of hydrogen-bond acceptors (Lipinski definition) is 2. The maximum Gasteiger partial charge on any atom is 0.125 e. The molecule has 0 heterocycles. The Labute approximate surface area is 96.0 Å². The topological polar surface area (TPSA) is 23.5 Å². The quantitative estimate of drug-likeness (QED) is 0.776. The van der Waals surface area contributed by atoms with Crippen molar-refractivity contribution in [3.8, 4) is 0 Å². The van der Waals surface area contributed by atoms with E-state index in [-0.39, 0.29) is 18.5 Å². The van der Waals surface area contributed by atoms with Crippen molar-refractivity contribution < 1.29 is 9.50 Å². The monoisotopic (exact) mass is 223 g/mol. The van der Waals surface area contributed by atoms with E-state index in [1.54, 1.807) is 12.1 Å². The van der Waals surface area contributed by atoms with E-state index in [0.29, 0.717) is 12.1 Å². The molecule has 0 bridgehead atoms. The van der Waals surface area contributed by atoms with Crippen LogP contribution in [0.4, 0.5) is 10.1 Å². The third-order valence-electron chi connectivity index (χ3n) is 2.41. The molecular weight excluding hydrogens is 205 g/mol. The zero-order valence-electron chi connectivity index (χ0n) is 9.78. The molecule has 0 amide bonds. The molecule has 2 nitrogen and oxygen atoms in total. The van der Waals surface area contributed by atoms with E-state index in [1.165, 1.54) is 12.1 Å². The van der Waals surface area contributed by atoms with Crippen molar-refractivity contribution in [3.05, 3.63) is 42.2 Å². The summed E-state index contributed by atoms with van der Waals surface area (Å²) in [5.74, 6) is -0.323. The van der Waals surface area contributed by atoms with Crippen LogP contribution in [0, 0.1) is 5.82 Å². The maximum atomic E-state index is 13.3. The van der Waals surface area contributed by atoms with Gasteiger partial charge in [0.1, 0.15) is 5.82 Å². The Morgan fingerprint density at radius 1 is 1.44 bits per heavy atom. The first-order valence-corrected chi connectivity index (χ1v) is 5.36. The second kappa shape index (κ2) is 5.66. The summed E-state index contributed by atoms with van der Waals surface area (Å²) < 4.78 is 13.3. The van der Waals surface area contributed by atoms with Crippen LogP contribution in [0.15, 0.2) is 30.9 Å². The van der Waals surface area contributed by atoms with Crippen LogP contribution in [0.2, 0.25) is 0 Å². The first-order valence-electron chi connectivity index (χ1n) is 5.36. The molecule has 16 heavy (non-hydrogen) atoms. The molecule has 0 aromatic heterocycles. The highest BCUT2D eigenvalue weighted by molar-refractivity contribution is 5.50. The van der Waals surface area contributed by atoms with Gasteiger partial charge in [0.15, 0.2) is 0 Å². The lowest BCUT2D eigenvalue weighted by molar-refractivity contribution is 0.281. The first kappa shape index (κ1) is 12.7. The zero-order chi connectivity index (χ0) is 12.1. The van der Waals surface area contributed by atoms with E-state index in [9.17, 15) is 4.39 Å². The van der Waals surface area contributed by atoms with Gasteiger partial charge in [-0.25, -0.2) is 4.39 Å².